The number of urea groups is 1. The van der Waals surface area contributed by atoms with E-state index in [0.717, 1.165) is 32.4 Å². The lowest BCUT2D eigenvalue weighted by Crippen LogP contribution is -2.51. The van der Waals surface area contributed by atoms with Crippen molar-refractivity contribution >= 4 is 12.0 Å². The molecule has 2 fully saturated rings. The van der Waals surface area contributed by atoms with E-state index >= 15 is 0 Å². The van der Waals surface area contributed by atoms with Crippen LogP contribution in [0.15, 0.2) is 0 Å². The molecule has 1 N–H and O–H groups in total. The van der Waals surface area contributed by atoms with Crippen molar-refractivity contribution in [3.8, 4) is 0 Å². The van der Waals surface area contributed by atoms with Crippen molar-refractivity contribution in [2.75, 3.05) is 26.2 Å². The highest BCUT2D eigenvalue weighted by atomic mass is 16.4. The van der Waals surface area contributed by atoms with Gasteiger partial charge in [-0.1, -0.05) is 20.8 Å². The van der Waals surface area contributed by atoms with Gasteiger partial charge in [0.15, 0.2) is 0 Å². The molecule has 2 aliphatic rings. The van der Waals surface area contributed by atoms with Gasteiger partial charge in [0.25, 0.3) is 0 Å². The minimum atomic E-state index is -0.779. The molecular weight excluding hydrogens is 268 g/mol. The first-order valence-corrected chi connectivity index (χ1v) is 8.05. The van der Waals surface area contributed by atoms with Gasteiger partial charge >= 0.3 is 12.0 Å². The number of rotatable bonds is 1. The second-order valence-corrected chi connectivity index (χ2v) is 7.53. The van der Waals surface area contributed by atoms with Crippen LogP contribution in [0.25, 0.3) is 0 Å². The SMILES string of the molecule is CC(C)(C)C1CCN(C(=O)N2CCC[C@H](C(=O)O)C2)CC1. The molecule has 0 aromatic carbocycles. The highest BCUT2D eigenvalue weighted by Crippen LogP contribution is 2.34. The zero-order valence-corrected chi connectivity index (χ0v) is 13.5. The fourth-order valence-corrected chi connectivity index (χ4v) is 3.49. The Bertz CT molecular complexity index is 395. The molecule has 2 amide bonds. The number of carbonyl (C=O) groups is 2. The van der Waals surface area contributed by atoms with Crippen molar-refractivity contribution in [1.82, 2.24) is 9.80 Å². The molecule has 21 heavy (non-hydrogen) atoms. The van der Waals surface area contributed by atoms with Crippen LogP contribution in [-0.4, -0.2) is 53.1 Å². The summed E-state index contributed by atoms with van der Waals surface area (Å²) in [5.74, 6) is -0.511. The summed E-state index contributed by atoms with van der Waals surface area (Å²) in [4.78, 5) is 27.3. The van der Waals surface area contributed by atoms with Gasteiger partial charge in [-0.2, -0.15) is 0 Å². The Kier molecular flexibility index (Phi) is 4.79. The lowest BCUT2D eigenvalue weighted by atomic mass is 9.75. The number of carbonyl (C=O) groups excluding carboxylic acids is 1. The number of hydrogen-bond donors (Lipinski definition) is 1. The zero-order chi connectivity index (χ0) is 15.6. The second kappa shape index (κ2) is 6.24. The summed E-state index contributed by atoms with van der Waals surface area (Å²) in [6.45, 7) is 9.45. The summed E-state index contributed by atoms with van der Waals surface area (Å²) in [5.41, 5.74) is 0.300. The minimum absolute atomic E-state index is 0.0355. The van der Waals surface area contributed by atoms with Gasteiger partial charge in [0.05, 0.1) is 5.92 Å². The third-order valence-corrected chi connectivity index (χ3v) is 5.03. The Labute approximate surface area is 127 Å². The van der Waals surface area contributed by atoms with Gasteiger partial charge in [0.2, 0.25) is 0 Å². The quantitative estimate of drug-likeness (QED) is 0.809. The Morgan fingerprint density at radius 2 is 1.62 bits per heavy atom. The average molecular weight is 296 g/mol. The molecule has 0 radical (unpaired) electrons. The molecule has 0 aliphatic carbocycles. The number of amides is 2. The standard InChI is InChI=1S/C16H28N2O3/c1-16(2,3)13-6-9-17(10-7-13)15(21)18-8-4-5-12(11-18)14(19)20/h12-13H,4-11H2,1-3H3,(H,19,20)/t12-/m0/s1. The lowest BCUT2D eigenvalue weighted by Gasteiger charge is -2.41. The third-order valence-electron chi connectivity index (χ3n) is 5.03. The molecule has 0 unspecified atom stereocenters. The van der Waals surface area contributed by atoms with Crippen molar-refractivity contribution in [2.24, 2.45) is 17.3 Å². The number of hydrogen-bond acceptors (Lipinski definition) is 2. The summed E-state index contributed by atoms with van der Waals surface area (Å²) in [6, 6.07) is 0.0355. The van der Waals surface area contributed by atoms with E-state index in [2.05, 4.69) is 20.8 Å². The molecule has 2 heterocycles. The predicted octanol–water partition coefficient (Wildman–Crippen LogP) is 2.66. The number of aliphatic carboxylic acids is 1. The normalized spacial score (nSPS) is 25.0. The predicted molar refractivity (Wildman–Crippen MR) is 81.1 cm³/mol. The second-order valence-electron chi connectivity index (χ2n) is 7.53. The molecule has 2 saturated heterocycles. The molecule has 0 aromatic heterocycles. The number of piperidine rings is 2. The molecule has 0 bridgehead atoms. The number of carboxylic acid groups (broad SMARTS) is 1. The lowest BCUT2D eigenvalue weighted by molar-refractivity contribution is -0.143. The Hall–Kier alpha value is -1.26. The number of nitrogens with zero attached hydrogens (tertiary/aromatic N) is 2. The van der Waals surface area contributed by atoms with Gasteiger partial charge in [0.1, 0.15) is 0 Å². The van der Waals surface area contributed by atoms with E-state index in [-0.39, 0.29) is 6.03 Å². The van der Waals surface area contributed by atoms with E-state index in [1.165, 1.54) is 0 Å². The highest BCUT2D eigenvalue weighted by molar-refractivity contribution is 5.76. The Morgan fingerprint density at radius 3 is 2.14 bits per heavy atom. The fourth-order valence-electron chi connectivity index (χ4n) is 3.49. The molecule has 120 valence electrons. The Morgan fingerprint density at radius 1 is 1.00 bits per heavy atom. The van der Waals surface area contributed by atoms with E-state index in [1.54, 1.807) is 4.90 Å². The first-order chi connectivity index (χ1) is 9.79. The van der Waals surface area contributed by atoms with Crippen LogP contribution in [0, 0.1) is 17.3 Å². The highest BCUT2D eigenvalue weighted by Gasteiger charge is 2.34. The average Bonchev–Trinajstić information content (AvgIpc) is 2.46. The summed E-state index contributed by atoms with van der Waals surface area (Å²) < 4.78 is 0. The third kappa shape index (κ3) is 3.89. The molecule has 2 aliphatic heterocycles. The molecule has 0 aromatic rings. The van der Waals surface area contributed by atoms with Crippen LogP contribution in [0.2, 0.25) is 0 Å². The molecule has 2 rings (SSSR count). The summed E-state index contributed by atoms with van der Waals surface area (Å²) in [6.07, 6.45) is 3.57. The molecule has 1 atom stereocenters. The van der Waals surface area contributed by atoms with Gasteiger partial charge in [-0.05, 0) is 37.0 Å². The van der Waals surface area contributed by atoms with Crippen LogP contribution in [0.1, 0.15) is 46.5 Å². The van der Waals surface area contributed by atoms with Crippen molar-refractivity contribution in [3.05, 3.63) is 0 Å². The van der Waals surface area contributed by atoms with E-state index in [0.29, 0.717) is 30.8 Å². The van der Waals surface area contributed by atoms with Crippen LogP contribution in [0.3, 0.4) is 0 Å². The van der Waals surface area contributed by atoms with Gasteiger partial charge in [-0.3, -0.25) is 4.79 Å². The largest absolute Gasteiger partial charge is 0.481 e. The van der Waals surface area contributed by atoms with E-state index in [9.17, 15) is 9.59 Å². The molecule has 0 saturated carbocycles. The van der Waals surface area contributed by atoms with Crippen LogP contribution in [0.5, 0.6) is 0 Å². The summed E-state index contributed by atoms with van der Waals surface area (Å²) >= 11 is 0. The maximum absolute atomic E-state index is 12.5. The van der Waals surface area contributed by atoms with Crippen LogP contribution in [0.4, 0.5) is 4.79 Å². The fraction of sp³-hybridized carbons (Fsp3) is 0.875. The van der Waals surface area contributed by atoms with Crippen LogP contribution >= 0.6 is 0 Å². The van der Waals surface area contributed by atoms with Crippen LogP contribution in [-0.2, 0) is 4.79 Å². The Balaban J connectivity index is 1.88. The van der Waals surface area contributed by atoms with Crippen molar-refractivity contribution in [1.29, 1.82) is 0 Å². The van der Waals surface area contributed by atoms with Crippen molar-refractivity contribution in [2.45, 2.75) is 46.5 Å². The monoisotopic (exact) mass is 296 g/mol. The van der Waals surface area contributed by atoms with Crippen LogP contribution < -0.4 is 0 Å². The van der Waals surface area contributed by atoms with E-state index in [4.69, 9.17) is 5.11 Å². The molecular formula is C16H28N2O3. The van der Waals surface area contributed by atoms with E-state index in [1.807, 2.05) is 4.90 Å². The topological polar surface area (TPSA) is 60.9 Å². The molecule has 5 nitrogen and oxygen atoms in total. The maximum Gasteiger partial charge on any atom is 0.320 e. The first kappa shape index (κ1) is 16.1. The van der Waals surface area contributed by atoms with Gasteiger partial charge < -0.3 is 14.9 Å². The summed E-state index contributed by atoms with van der Waals surface area (Å²) in [7, 11) is 0. The number of likely N-dealkylation sites (tertiary alicyclic amines) is 2. The smallest absolute Gasteiger partial charge is 0.320 e. The van der Waals surface area contributed by atoms with Crippen molar-refractivity contribution in [3.63, 3.8) is 0 Å². The zero-order valence-electron chi connectivity index (χ0n) is 13.5. The summed E-state index contributed by atoms with van der Waals surface area (Å²) in [5, 5.41) is 9.12. The molecule has 0 spiro atoms. The first-order valence-electron chi connectivity index (χ1n) is 8.05. The van der Waals surface area contributed by atoms with E-state index < -0.39 is 11.9 Å². The van der Waals surface area contributed by atoms with Crippen molar-refractivity contribution < 1.29 is 14.7 Å². The number of carboxylic acids is 1. The minimum Gasteiger partial charge on any atom is -0.481 e. The van der Waals surface area contributed by atoms with Gasteiger partial charge in [-0.25, -0.2) is 4.79 Å². The maximum atomic E-state index is 12.5. The van der Waals surface area contributed by atoms with Gasteiger partial charge in [-0.15, -0.1) is 0 Å². The molecule has 5 heteroatoms. The van der Waals surface area contributed by atoms with Gasteiger partial charge in [0, 0.05) is 26.2 Å².